The number of carbonyl (C=O) groups excluding carboxylic acids is 1. The number of carbonyl (C=O) groups is 1. The third kappa shape index (κ3) is 3.67. The molecule has 9 heteroatoms. The summed E-state index contributed by atoms with van der Waals surface area (Å²) in [6.45, 7) is 1.96. The molecular formula is C21H20N4O5. The van der Waals surface area contributed by atoms with Crippen LogP contribution in [0.1, 0.15) is 16.1 Å². The number of rotatable bonds is 5. The number of oxazole rings is 1. The van der Waals surface area contributed by atoms with Crippen LogP contribution in [0.25, 0.3) is 11.7 Å². The fourth-order valence-corrected chi connectivity index (χ4v) is 3.33. The first-order valence-electron chi connectivity index (χ1n) is 9.35. The van der Waals surface area contributed by atoms with Gasteiger partial charge in [0.05, 0.1) is 20.5 Å². The van der Waals surface area contributed by atoms with Gasteiger partial charge >= 0.3 is 0 Å². The van der Waals surface area contributed by atoms with Crippen molar-refractivity contribution in [2.75, 3.05) is 45.3 Å². The summed E-state index contributed by atoms with van der Waals surface area (Å²) in [7, 11) is 3.09. The van der Waals surface area contributed by atoms with E-state index in [9.17, 15) is 10.1 Å². The molecule has 1 aromatic carbocycles. The van der Waals surface area contributed by atoms with Crippen molar-refractivity contribution in [2.24, 2.45) is 0 Å². The first-order valence-corrected chi connectivity index (χ1v) is 9.35. The van der Waals surface area contributed by atoms with Crippen molar-refractivity contribution in [3.8, 4) is 29.2 Å². The van der Waals surface area contributed by atoms with Crippen molar-refractivity contribution in [3.63, 3.8) is 0 Å². The summed E-state index contributed by atoms with van der Waals surface area (Å²) >= 11 is 0. The Balaban J connectivity index is 1.48. The lowest BCUT2D eigenvalue weighted by Gasteiger charge is -2.34. The predicted molar refractivity (Wildman–Crippen MR) is 107 cm³/mol. The molecule has 1 aliphatic rings. The standard InChI is InChI=1S/C21H20N4O5/c1-27-15-10-14(11-16(12-15)28-2)20(26)24-5-7-25(8-6-24)21-17(13-22)23-19(30-21)18-4-3-9-29-18/h3-4,9-12H,5-8H2,1-2H3. The van der Waals surface area contributed by atoms with Crippen LogP contribution < -0.4 is 14.4 Å². The normalized spacial score (nSPS) is 13.8. The lowest BCUT2D eigenvalue weighted by atomic mass is 10.1. The van der Waals surface area contributed by atoms with Crippen LogP contribution in [0.2, 0.25) is 0 Å². The third-order valence-electron chi connectivity index (χ3n) is 4.90. The minimum absolute atomic E-state index is 0.110. The molecule has 4 rings (SSSR count). The van der Waals surface area contributed by atoms with Gasteiger partial charge in [-0.1, -0.05) is 0 Å². The largest absolute Gasteiger partial charge is 0.497 e. The molecule has 1 fully saturated rings. The highest BCUT2D eigenvalue weighted by molar-refractivity contribution is 5.95. The molecule has 1 saturated heterocycles. The molecular weight excluding hydrogens is 388 g/mol. The molecule has 0 bridgehead atoms. The number of hydrogen-bond donors (Lipinski definition) is 0. The van der Waals surface area contributed by atoms with Gasteiger partial charge in [-0.2, -0.15) is 10.2 Å². The number of aromatic nitrogens is 1. The van der Waals surface area contributed by atoms with Crippen LogP contribution in [0.3, 0.4) is 0 Å². The highest BCUT2D eigenvalue weighted by Gasteiger charge is 2.28. The molecule has 1 amide bonds. The van der Waals surface area contributed by atoms with E-state index >= 15 is 0 Å². The number of hydrogen-bond acceptors (Lipinski definition) is 8. The molecule has 30 heavy (non-hydrogen) atoms. The summed E-state index contributed by atoms with van der Waals surface area (Å²) in [6, 6.07) is 10.6. The SMILES string of the molecule is COc1cc(OC)cc(C(=O)N2CCN(c3oc(-c4ccco4)nc3C#N)CC2)c1. The maximum absolute atomic E-state index is 13.0. The summed E-state index contributed by atoms with van der Waals surface area (Å²) in [6.07, 6.45) is 1.52. The Labute approximate surface area is 173 Å². The molecule has 0 saturated carbocycles. The zero-order valence-electron chi connectivity index (χ0n) is 16.6. The van der Waals surface area contributed by atoms with Crippen LogP contribution in [0, 0.1) is 11.3 Å². The van der Waals surface area contributed by atoms with E-state index in [4.69, 9.17) is 18.3 Å². The zero-order valence-corrected chi connectivity index (χ0v) is 16.6. The van der Waals surface area contributed by atoms with Crippen LogP contribution in [0.4, 0.5) is 5.88 Å². The van der Waals surface area contributed by atoms with Gasteiger partial charge in [0.2, 0.25) is 11.6 Å². The molecule has 0 unspecified atom stereocenters. The number of nitrogens with zero attached hydrogens (tertiary/aromatic N) is 4. The number of amides is 1. The van der Waals surface area contributed by atoms with E-state index in [0.29, 0.717) is 54.9 Å². The summed E-state index contributed by atoms with van der Waals surface area (Å²) < 4.78 is 21.6. The molecule has 0 atom stereocenters. The zero-order chi connectivity index (χ0) is 21.1. The number of furan rings is 1. The number of ether oxygens (including phenoxy) is 2. The van der Waals surface area contributed by atoms with E-state index in [1.807, 2.05) is 4.90 Å². The van der Waals surface area contributed by atoms with Gasteiger partial charge in [-0.05, 0) is 24.3 Å². The van der Waals surface area contributed by atoms with Crippen LogP contribution >= 0.6 is 0 Å². The first kappa shape index (κ1) is 19.4. The second kappa shape index (κ2) is 8.21. The molecule has 0 aliphatic carbocycles. The highest BCUT2D eigenvalue weighted by Crippen LogP contribution is 2.29. The predicted octanol–water partition coefficient (Wildman–Crippen LogP) is 2.79. The number of methoxy groups -OCH3 is 2. The van der Waals surface area contributed by atoms with E-state index in [0.717, 1.165) is 0 Å². The minimum Gasteiger partial charge on any atom is -0.497 e. The lowest BCUT2D eigenvalue weighted by molar-refractivity contribution is 0.0744. The molecule has 0 N–H and O–H groups in total. The van der Waals surface area contributed by atoms with Crippen molar-refractivity contribution < 1.29 is 23.1 Å². The number of piperazine rings is 1. The van der Waals surface area contributed by atoms with Gasteiger partial charge in [0, 0.05) is 37.8 Å². The van der Waals surface area contributed by atoms with Crippen molar-refractivity contribution >= 4 is 11.8 Å². The first-order chi connectivity index (χ1) is 14.6. The van der Waals surface area contributed by atoms with E-state index in [1.54, 1.807) is 49.5 Å². The Bertz CT molecular complexity index is 1050. The second-order valence-corrected chi connectivity index (χ2v) is 6.64. The van der Waals surface area contributed by atoms with Gasteiger partial charge in [-0.3, -0.25) is 4.79 Å². The summed E-state index contributed by atoms with van der Waals surface area (Å²) in [5.41, 5.74) is 0.691. The molecule has 3 heterocycles. The number of anilines is 1. The summed E-state index contributed by atoms with van der Waals surface area (Å²) in [5, 5.41) is 9.43. The van der Waals surface area contributed by atoms with E-state index in [1.165, 1.54) is 6.26 Å². The highest BCUT2D eigenvalue weighted by atomic mass is 16.5. The average molecular weight is 408 g/mol. The van der Waals surface area contributed by atoms with Crippen molar-refractivity contribution in [1.82, 2.24) is 9.88 Å². The molecule has 154 valence electrons. The fraction of sp³-hybridized carbons (Fsp3) is 0.286. The minimum atomic E-state index is -0.110. The van der Waals surface area contributed by atoms with Gasteiger partial charge < -0.3 is 28.1 Å². The van der Waals surface area contributed by atoms with E-state index in [2.05, 4.69) is 11.1 Å². The molecule has 0 spiro atoms. The topological polar surface area (TPSA) is 105 Å². The maximum atomic E-state index is 13.0. The van der Waals surface area contributed by atoms with Crippen molar-refractivity contribution in [3.05, 3.63) is 47.9 Å². The van der Waals surface area contributed by atoms with Crippen molar-refractivity contribution in [1.29, 1.82) is 5.26 Å². The van der Waals surface area contributed by atoms with Crippen LogP contribution in [-0.2, 0) is 0 Å². The second-order valence-electron chi connectivity index (χ2n) is 6.64. The Kier molecular flexibility index (Phi) is 5.30. The van der Waals surface area contributed by atoms with E-state index < -0.39 is 0 Å². The van der Waals surface area contributed by atoms with Gasteiger partial charge in [-0.25, -0.2) is 0 Å². The third-order valence-corrected chi connectivity index (χ3v) is 4.90. The van der Waals surface area contributed by atoms with Gasteiger partial charge in [0.15, 0.2) is 5.76 Å². The molecule has 9 nitrogen and oxygen atoms in total. The Hall–Kier alpha value is -3.93. The van der Waals surface area contributed by atoms with Crippen LogP contribution in [-0.4, -0.2) is 56.2 Å². The molecule has 1 aliphatic heterocycles. The van der Waals surface area contributed by atoms with Crippen molar-refractivity contribution in [2.45, 2.75) is 0 Å². The summed E-state index contributed by atoms with van der Waals surface area (Å²) in [5.74, 6) is 2.11. The average Bonchev–Trinajstić information content (AvgIpc) is 3.48. The van der Waals surface area contributed by atoms with Gasteiger partial charge in [-0.15, -0.1) is 0 Å². The van der Waals surface area contributed by atoms with Crippen LogP contribution in [0.5, 0.6) is 11.5 Å². The summed E-state index contributed by atoms with van der Waals surface area (Å²) in [4.78, 5) is 20.8. The number of nitriles is 1. The van der Waals surface area contributed by atoms with Gasteiger partial charge in [0.25, 0.3) is 11.8 Å². The quantitative estimate of drug-likeness (QED) is 0.635. The molecule has 2 aromatic heterocycles. The van der Waals surface area contributed by atoms with Gasteiger partial charge in [0.1, 0.15) is 17.6 Å². The number of benzene rings is 1. The lowest BCUT2D eigenvalue weighted by Crippen LogP contribution is -2.48. The Morgan fingerprint density at radius 3 is 2.40 bits per heavy atom. The smallest absolute Gasteiger partial charge is 0.266 e. The Morgan fingerprint density at radius 2 is 1.83 bits per heavy atom. The maximum Gasteiger partial charge on any atom is 0.266 e. The fourth-order valence-electron chi connectivity index (χ4n) is 3.33. The van der Waals surface area contributed by atoms with Crippen LogP contribution in [0.15, 0.2) is 45.4 Å². The molecule has 3 aromatic rings. The molecule has 0 radical (unpaired) electrons. The monoisotopic (exact) mass is 408 g/mol. The van der Waals surface area contributed by atoms with E-state index in [-0.39, 0.29) is 17.5 Å². The Morgan fingerprint density at radius 1 is 1.13 bits per heavy atom.